The molecule has 0 amide bonds. The molecule has 0 bridgehead atoms. The summed E-state index contributed by atoms with van der Waals surface area (Å²) in [6, 6.07) is 0.435. The first-order valence-corrected chi connectivity index (χ1v) is 6.40. The first-order chi connectivity index (χ1) is 7.65. The highest BCUT2D eigenvalue weighted by molar-refractivity contribution is 6.30. The molecule has 1 aromatic rings. The lowest BCUT2D eigenvalue weighted by Crippen LogP contribution is -2.07. The minimum atomic E-state index is -0.0148. The molecule has 1 aliphatic rings. The largest absolute Gasteiger partial charge is 0.391 e. The Bertz CT molecular complexity index is 367. The Morgan fingerprint density at radius 1 is 1.44 bits per heavy atom. The zero-order valence-corrected chi connectivity index (χ0v) is 10.7. The topological polar surface area (TPSA) is 38.0 Å². The van der Waals surface area contributed by atoms with Crippen LogP contribution in [0.3, 0.4) is 0 Å². The Kier molecular flexibility index (Phi) is 3.55. The second kappa shape index (κ2) is 4.76. The first-order valence-electron chi connectivity index (χ1n) is 6.02. The quantitative estimate of drug-likeness (QED) is 0.884. The van der Waals surface area contributed by atoms with Crippen LogP contribution in [0.15, 0.2) is 0 Å². The van der Waals surface area contributed by atoms with Gasteiger partial charge >= 0.3 is 0 Å². The summed E-state index contributed by atoms with van der Waals surface area (Å²) in [6.45, 7) is 4.15. The number of halogens is 1. The van der Waals surface area contributed by atoms with Crippen LogP contribution >= 0.6 is 11.6 Å². The van der Waals surface area contributed by atoms with Gasteiger partial charge in [-0.2, -0.15) is 5.10 Å². The van der Waals surface area contributed by atoms with Crippen molar-refractivity contribution in [1.82, 2.24) is 9.78 Å². The van der Waals surface area contributed by atoms with Gasteiger partial charge in [-0.15, -0.1) is 0 Å². The van der Waals surface area contributed by atoms with Gasteiger partial charge in [0.15, 0.2) is 0 Å². The molecule has 0 spiro atoms. The number of aromatic nitrogens is 2. The SMILES string of the molecule is CC(C)c1nn(C2CCCC2)c(Cl)c1CO. The molecule has 0 unspecified atom stereocenters. The summed E-state index contributed by atoms with van der Waals surface area (Å²) >= 11 is 6.29. The molecular formula is C12H19ClN2O. The number of hydrogen-bond acceptors (Lipinski definition) is 2. The van der Waals surface area contributed by atoms with Crippen molar-refractivity contribution < 1.29 is 5.11 Å². The zero-order valence-electron chi connectivity index (χ0n) is 9.91. The Morgan fingerprint density at radius 3 is 2.50 bits per heavy atom. The summed E-state index contributed by atoms with van der Waals surface area (Å²) in [6.07, 6.45) is 4.83. The normalized spacial score (nSPS) is 17.6. The van der Waals surface area contributed by atoms with Crippen molar-refractivity contribution in [3.05, 3.63) is 16.4 Å². The van der Waals surface area contributed by atoms with Gasteiger partial charge in [0, 0.05) is 5.56 Å². The lowest BCUT2D eigenvalue weighted by molar-refractivity contribution is 0.280. The highest BCUT2D eigenvalue weighted by atomic mass is 35.5. The first kappa shape index (κ1) is 11.9. The lowest BCUT2D eigenvalue weighted by atomic mass is 10.1. The van der Waals surface area contributed by atoms with E-state index in [9.17, 15) is 5.11 Å². The minimum absolute atomic E-state index is 0.0148. The average molecular weight is 243 g/mol. The van der Waals surface area contributed by atoms with E-state index in [1.165, 1.54) is 12.8 Å². The highest BCUT2D eigenvalue weighted by Gasteiger charge is 2.24. The molecule has 1 saturated carbocycles. The molecule has 1 aromatic heterocycles. The summed E-state index contributed by atoms with van der Waals surface area (Å²) in [4.78, 5) is 0. The predicted octanol–water partition coefficient (Wildman–Crippen LogP) is 3.27. The monoisotopic (exact) mass is 242 g/mol. The van der Waals surface area contributed by atoms with E-state index >= 15 is 0 Å². The van der Waals surface area contributed by atoms with E-state index in [-0.39, 0.29) is 6.61 Å². The molecule has 16 heavy (non-hydrogen) atoms. The van der Waals surface area contributed by atoms with Gasteiger partial charge in [-0.1, -0.05) is 38.3 Å². The van der Waals surface area contributed by atoms with Crippen LogP contribution in [-0.2, 0) is 6.61 Å². The van der Waals surface area contributed by atoms with Crippen molar-refractivity contribution in [2.75, 3.05) is 0 Å². The number of rotatable bonds is 3. The van der Waals surface area contributed by atoms with Crippen LogP contribution in [0.25, 0.3) is 0 Å². The Labute approximate surface area is 101 Å². The van der Waals surface area contributed by atoms with Gasteiger partial charge in [-0.3, -0.25) is 4.68 Å². The molecule has 0 aliphatic heterocycles. The van der Waals surface area contributed by atoms with E-state index < -0.39 is 0 Å². The van der Waals surface area contributed by atoms with Crippen LogP contribution in [-0.4, -0.2) is 14.9 Å². The molecule has 1 heterocycles. The van der Waals surface area contributed by atoms with Gasteiger partial charge in [0.1, 0.15) is 5.15 Å². The fourth-order valence-corrected chi connectivity index (χ4v) is 2.80. The molecule has 0 saturated heterocycles. The fourth-order valence-electron chi connectivity index (χ4n) is 2.47. The fraction of sp³-hybridized carbons (Fsp3) is 0.750. The van der Waals surface area contributed by atoms with Crippen molar-refractivity contribution in [2.24, 2.45) is 0 Å². The number of aliphatic hydroxyl groups excluding tert-OH is 1. The van der Waals surface area contributed by atoms with Gasteiger partial charge in [-0.05, 0) is 18.8 Å². The average Bonchev–Trinajstić information content (AvgIpc) is 2.84. The highest BCUT2D eigenvalue weighted by Crippen LogP contribution is 2.35. The molecule has 4 heteroatoms. The molecule has 0 radical (unpaired) electrons. The van der Waals surface area contributed by atoms with Crippen LogP contribution in [0.2, 0.25) is 5.15 Å². The molecule has 1 aliphatic carbocycles. The maximum absolute atomic E-state index is 9.37. The van der Waals surface area contributed by atoms with E-state index in [0.717, 1.165) is 24.1 Å². The van der Waals surface area contributed by atoms with E-state index in [0.29, 0.717) is 17.1 Å². The number of aliphatic hydroxyl groups is 1. The molecular weight excluding hydrogens is 224 g/mol. The second-order valence-electron chi connectivity index (χ2n) is 4.85. The minimum Gasteiger partial charge on any atom is -0.391 e. The lowest BCUT2D eigenvalue weighted by Gasteiger charge is -2.10. The summed E-state index contributed by atoms with van der Waals surface area (Å²) < 4.78 is 1.93. The summed E-state index contributed by atoms with van der Waals surface area (Å²) in [7, 11) is 0. The van der Waals surface area contributed by atoms with Crippen molar-refractivity contribution in [2.45, 2.75) is 58.1 Å². The van der Waals surface area contributed by atoms with Crippen LogP contribution in [0, 0.1) is 0 Å². The Hall–Kier alpha value is -0.540. The Balaban J connectivity index is 2.38. The Morgan fingerprint density at radius 2 is 2.06 bits per heavy atom. The van der Waals surface area contributed by atoms with Gasteiger partial charge in [0.25, 0.3) is 0 Å². The predicted molar refractivity (Wildman–Crippen MR) is 64.8 cm³/mol. The van der Waals surface area contributed by atoms with Crippen LogP contribution in [0.1, 0.15) is 62.7 Å². The molecule has 3 nitrogen and oxygen atoms in total. The van der Waals surface area contributed by atoms with Crippen LogP contribution < -0.4 is 0 Å². The van der Waals surface area contributed by atoms with Crippen molar-refractivity contribution >= 4 is 11.6 Å². The van der Waals surface area contributed by atoms with Crippen LogP contribution in [0.4, 0.5) is 0 Å². The molecule has 0 aromatic carbocycles. The standard InChI is InChI=1S/C12H19ClN2O/c1-8(2)11-10(7-16)12(13)15(14-11)9-5-3-4-6-9/h8-9,16H,3-7H2,1-2H3. The van der Waals surface area contributed by atoms with E-state index in [4.69, 9.17) is 11.6 Å². The van der Waals surface area contributed by atoms with Gasteiger partial charge in [0.2, 0.25) is 0 Å². The smallest absolute Gasteiger partial charge is 0.133 e. The third-order valence-corrected chi connectivity index (χ3v) is 3.75. The molecule has 1 fully saturated rings. The molecule has 0 atom stereocenters. The maximum Gasteiger partial charge on any atom is 0.133 e. The van der Waals surface area contributed by atoms with Gasteiger partial charge in [0.05, 0.1) is 18.3 Å². The zero-order chi connectivity index (χ0) is 11.7. The van der Waals surface area contributed by atoms with E-state index in [2.05, 4.69) is 18.9 Å². The maximum atomic E-state index is 9.37. The van der Waals surface area contributed by atoms with Crippen molar-refractivity contribution in [3.8, 4) is 0 Å². The second-order valence-corrected chi connectivity index (χ2v) is 5.21. The summed E-state index contributed by atoms with van der Waals surface area (Å²) in [5.41, 5.74) is 1.75. The van der Waals surface area contributed by atoms with E-state index in [1.807, 2.05) is 4.68 Å². The molecule has 90 valence electrons. The van der Waals surface area contributed by atoms with Gasteiger partial charge < -0.3 is 5.11 Å². The van der Waals surface area contributed by atoms with Crippen molar-refractivity contribution in [3.63, 3.8) is 0 Å². The van der Waals surface area contributed by atoms with Crippen LogP contribution in [0.5, 0.6) is 0 Å². The van der Waals surface area contributed by atoms with Crippen molar-refractivity contribution in [1.29, 1.82) is 0 Å². The van der Waals surface area contributed by atoms with Gasteiger partial charge in [-0.25, -0.2) is 0 Å². The number of hydrogen-bond donors (Lipinski definition) is 1. The number of nitrogens with zero attached hydrogens (tertiary/aromatic N) is 2. The third-order valence-electron chi connectivity index (χ3n) is 3.35. The van der Waals surface area contributed by atoms with E-state index in [1.54, 1.807) is 0 Å². The summed E-state index contributed by atoms with van der Waals surface area (Å²) in [5.74, 6) is 0.308. The summed E-state index contributed by atoms with van der Waals surface area (Å²) in [5, 5.41) is 14.6. The molecule has 1 N–H and O–H groups in total. The third kappa shape index (κ3) is 1.98. The molecule has 2 rings (SSSR count).